The van der Waals surface area contributed by atoms with Crippen LogP contribution in [0.3, 0.4) is 0 Å². The van der Waals surface area contributed by atoms with Crippen LogP contribution in [0, 0.1) is 5.82 Å². The van der Waals surface area contributed by atoms with Crippen molar-refractivity contribution in [1.82, 2.24) is 0 Å². The van der Waals surface area contributed by atoms with E-state index in [2.05, 4.69) is 37.9 Å². The Hall–Kier alpha value is -1.26. The van der Waals surface area contributed by atoms with Crippen molar-refractivity contribution >= 4 is 28.6 Å². The summed E-state index contributed by atoms with van der Waals surface area (Å²) >= 11 is 3.56. The third-order valence-corrected chi connectivity index (χ3v) is 4.97. The highest BCUT2D eigenvalue weighted by Crippen LogP contribution is 2.41. The molecule has 0 saturated carbocycles. The predicted molar refractivity (Wildman–Crippen MR) is 113 cm³/mol. The maximum atomic E-state index is 13.3. The average molecular weight is 366 g/mol. The fourth-order valence-electron chi connectivity index (χ4n) is 2.07. The summed E-state index contributed by atoms with van der Waals surface area (Å²) in [5, 5.41) is 1.20. The van der Waals surface area contributed by atoms with Crippen LogP contribution in [0.4, 0.5) is 4.39 Å². The number of aliphatic imine (C=N–C) groups is 1. The maximum Gasteiger partial charge on any atom is 0.123 e. The van der Waals surface area contributed by atoms with E-state index in [1.54, 1.807) is 23.9 Å². The monoisotopic (exact) mass is 365 g/mol. The van der Waals surface area contributed by atoms with Crippen LogP contribution >= 0.6 is 23.5 Å². The third kappa shape index (κ3) is 7.54. The van der Waals surface area contributed by atoms with E-state index in [-0.39, 0.29) is 17.1 Å². The number of benzene rings is 1. The molecule has 0 aliphatic carbocycles. The first-order valence-corrected chi connectivity index (χ1v) is 10.1. The van der Waals surface area contributed by atoms with Gasteiger partial charge in [-0.1, -0.05) is 37.8 Å². The molecular weight excluding hydrogens is 337 g/mol. The molecule has 1 nitrogen and oxygen atoms in total. The number of thioether (sulfide) groups is 2. The summed E-state index contributed by atoms with van der Waals surface area (Å²) in [7, 11) is 0. The van der Waals surface area contributed by atoms with E-state index in [1.165, 1.54) is 11.8 Å². The predicted octanol–water partition coefficient (Wildman–Crippen LogP) is 6.70. The van der Waals surface area contributed by atoms with Gasteiger partial charge in [0.1, 0.15) is 5.82 Å². The van der Waals surface area contributed by atoms with Crippen LogP contribution in [0.5, 0.6) is 0 Å². The number of nitrogens with zero attached hydrogens (tertiary/aromatic N) is 1. The van der Waals surface area contributed by atoms with Crippen molar-refractivity contribution in [2.24, 2.45) is 4.99 Å². The lowest BCUT2D eigenvalue weighted by Gasteiger charge is -2.18. The zero-order valence-corrected chi connectivity index (χ0v) is 16.7. The molecule has 4 heteroatoms. The zero-order chi connectivity index (χ0) is 18.5. The van der Waals surface area contributed by atoms with Crippen molar-refractivity contribution in [3.63, 3.8) is 0 Å². The molecule has 1 aromatic rings. The van der Waals surface area contributed by atoms with E-state index >= 15 is 0 Å². The molecule has 1 aliphatic rings. The number of rotatable bonds is 4. The molecule has 1 aliphatic heterocycles. The Labute approximate surface area is 155 Å². The molecule has 2 rings (SSSR count). The molecule has 24 heavy (non-hydrogen) atoms. The van der Waals surface area contributed by atoms with Crippen LogP contribution in [-0.4, -0.2) is 22.3 Å². The van der Waals surface area contributed by atoms with Crippen LogP contribution in [-0.2, 0) is 0 Å². The van der Waals surface area contributed by atoms with Crippen molar-refractivity contribution in [1.29, 1.82) is 0 Å². The summed E-state index contributed by atoms with van der Waals surface area (Å²) in [6, 6.07) is 6.64. The van der Waals surface area contributed by atoms with Gasteiger partial charge in [0.15, 0.2) is 0 Å². The molecule has 0 radical (unpaired) electrons. The van der Waals surface area contributed by atoms with Crippen molar-refractivity contribution in [2.45, 2.75) is 32.1 Å². The number of halogens is 1. The van der Waals surface area contributed by atoms with Crippen LogP contribution in [0.25, 0.3) is 0 Å². The highest BCUT2D eigenvalue weighted by atomic mass is 32.2. The second-order valence-corrected chi connectivity index (χ2v) is 7.33. The van der Waals surface area contributed by atoms with Crippen LogP contribution in [0.15, 0.2) is 66.7 Å². The molecule has 132 valence electrons. The molecule has 1 aromatic carbocycles. The Morgan fingerprint density at radius 3 is 2.54 bits per heavy atom. The van der Waals surface area contributed by atoms with Gasteiger partial charge in [-0.2, -0.15) is 11.8 Å². The summed E-state index contributed by atoms with van der Waals surface area (Å²) in [6.07, 6.45) is 6.07. The molecule has 1 heterocycles. The first-order chi connectivity index (χ1) is 11.5. The van der Waals surface area contributed by atoms with Gasteiger partial charge < -0.3 is 0 Å². The zero-order valence-electron chi connectivity index (χ0n) is 15.1. The molecule has 2 atom stereocenters. The van der Waals surface area contributed by atoms with E-state index in [0.29, 0.717) is 0 Å². The Morgan fingerprint density at radius 2 is 2.04 bits per heavy atom. The highest BCUT2D eigenvalue weighted by Gasteiger charge is 2.30. The minimum absolute atomic E-state index is 0.0330. The molecule has 0 fully saturated rings. The van der Waals surface area contributed by atoms with Crippen LogP contribution in [0.2, 0.25) is 0 Å². The fourth-order valence-corrected chi connectivity index (χ4v) is 3.19. The number of hydrogen-bond acceptors (Lipinski definition) is 3. The second kappa shape index (κ2) is 13.1. The van der Waals surface area contributed by atoms with Gasteiger partial charge in [0, 0.05) is 0 Å². The van der Waals surface area contributed by atoms with E-state index < -0.39 is 0 Å². The van der Waals surface area contributed by atoms with Crippen molar-refractivity contribution in [2.75, 3.05) is 12.0 Å². The van der Waals surface area contributed by atoms with E-state index in [9.17, 15) is 4.39 Å². The lowest BCUT2D eigenvalue weighted by atomic mass is 9.99. The Bertz CT molecular complexity index is 565. The van der Waals surface area contributed by atoms with E-state index in [0.717, 1.165) is 16.2 Å². The smallest absolute Gasteiger partial charge is 0.123 e. The van der Waals surface area contributed by atoms with Crippen LogP contribution in [0.1, 0.15) is 32.4 Å². The summed E-state index contributed by atoms with van der Waals surface area (Å²) in [5.74, 6) is 1.02. The van der Waals surface area contributed by atoms with Gasteiger partial charge in [-0.3, -0.25) is 4.99 Å². The molecule has 0 aromatic heterocycles. The minimum atomic E-state index is -0.215. The molecule has 0 spiro atoms. The van der Waals surface area contributed by atoms with Crippen LogP contribution < -0.4 is 0 Å². The van der Waals surface area contributed by atoms with Crippen molar-refractivity contribution in [3.8, 4) is 0 Å². The van der Waals surface area contributed by atoms with E-state index in [4.69, 9.17) is 0 Å². The number of hydrogen-bond donors (Lipinski definition) is 0. The van der Waals surface area contributed by atoms with Gasteiger partial charge in [0.25, 0.3) is 0 Å². The quantitative estimate of drug-likeness (QED) is 0.434. The highest BCUT2D eigenvalue weighted by molar-refractivity contribution is 8.14. The normalized spacial score (nSPS) is 19.0. The van der Waals surface area contributed by atoms with E-state index in [1.807, 2.05) is 43.8 Å². The SMILES string of the molecule is C=C.C=C(/C=C\C)C1SC(C)=NC1c1cccc(F)c1.CCSC. The lowest BCUT2D eigenvalue weighted by molar-refractivity contribution is 0.621. The lowest BCUT2D eigenvalue weighted by Crippen LogP contribution is -2.11. The van der Waals surface area contributed by atoms with Crippen molar-refractivity contribution < 1.29 is 4.39 Å². The summed E-state index contributed by atoms with van der Waals surface area (Å²) in [6.45, 7) is 16.2. The van der Waals surface area contributed by atoms with Gasteiger partial charge in [-0.05, 0) is 49.1 Å². The van der Waals surface area contributed by atoms with Crippen molar-refractivity contribution in [3.05, 3.63) is 73.1 Å². The maximum absolute atomic E-state index is 13.3. The summed E-state index contributed by atoms with van der Waals surface area (Å²) in [4.78, 5) is 4.60. The Balaban J connectivity index is 0.000000773. The topological polar surface area (TPSA) is 12.4 Å². The standard InChI is InChI=1S/C15H16FNS.C3H8S.C2H4/c1-4-6-10(2)15-14(17-11(3)18-15)12-7-5-8-13(16)9-12;1-3-4-2;1-2/h4-9,14-15H,2H2,1,3H3;3H2,1-2H3;1-2H2/b6-4-;;. The van der Waals surface area contributed by atoms with Gasteiger partial charge in [-0.15, -0.1) is 24.9 Å². The minimum Gasteiger partial charge on any atom is -0.274 e. The van der Waals surface area contributed by atoms with Gasteiger partial charge in [0.05, 0.1) is 16.3 Å². The Kier molecular flexibility index (Phi) is 12.4. The largest absolute Gasteiger partial charge is 0.274 e. The third-order valence-electron chi connectivity index (χ3n) is 3.13. The first kappa shape index (κ1) is 22.7. The number of allylic oxidation sites excluding steroid dienone is 2. The second-order valence-electron chi connectivity index (χ2n) is 4.84. The molecule has 0 amide bonds. The first-order valence-electron chi connectivity index (χ1n) is 7.80. The van der Waals surface area contributed by atoms with Gasteiger partial charge in [0.2, 0.25) is 0 Å². The molecule has 0 saturated heterocycles. The van der Waals surface area contributed by atoms with Gasteiger partial charge >= 0.3 is 0 Å². The summed E-state index contributed by atoms with van der Waals surface area (Å²) in [5.41, 5.74) is 1.94. The molecule has 0 N–H and O–H groups in total. The fraction of sp³-hybridized carbons (Fsp3) is 0.350. The molecular formula is C20H28FNS2. The molecule has 0 bridgehead atoms. The van der Waals surface area contributed by atoms with Gasteiger partial charge in [-0.25, -0.2) is 4.39 Å². The molecule has 2 unspecified atom stereocenters. The average Bonchev–Trinajstić information content (AvgIpc) is 2.99. The Morgan fingerprint density at radius 1 is 1.42 bits per heavy atom. The summed E-state index contributed by atoms with van der Waals surface area (Å²) < 4.78 is 13.3.